The van der Waals surface area contributed by atoms with Gasteiger partial charge in [0.05, 0.1) is 11.3 Å². The number of hydrogen-bond acceptors (Lipinski definition) is 3. The highest BCUT2D eigenvalue weighted by molar-refractivity contribution is 6.34. The highest BCUT2D eigenvalue weighted by Gasteiger charge is 2.57. The van der Waals surface area contributed by atoms with E-state index in [9.17, 15) is 9.59 Å². The zero-order valence-electron chi connectivity index (χ0n) is 16.3. The molecule has 2 amide bonds. The van der Waals surface area contributed by atoms with Crippen LogP contribution in [0.2, 0.25) is 5.02 Å². The first-order valence-electron chi connectivity index (χ1n) is 10.1. The van der Waals surface area contributed by atoms with Crippen molar-refractivity contribution in [2.24, 2.45) is 0 Å². The van der Waals surface area contributed by atoms with E-state index >= 15 is 0 Å². The molecule has 0 aliphatic carbocycles. The second-order valence-corrected chi connectivity index (χ2v) is 8.12. The molecule has 5 rings (SSSR count). The van der Waals surface area contributed by atoms with Gasteiger partial charge < -0.3 is 4.74 Å². The predicted molar refractivity (Wildman–Crippen MR) is 118 cm³/mol. The van der Waals surface area contributed by atoms with Gasteiger partial charge in [-0.2, -0.15) is 0 Å². The van der Waals surface area contributed by atoms with E-state index in [-0.39, 0.29) is 11.8 Å². The number of hydrogen-bond donors (Lipinski definition) is 0. The maximum atomic E-state index is 13.5. The molecule has 150 valence electrons. The Morgan fingerprint density at radius 1 is 0.933 bits per heavy atom. The van der Waals surface area contributed by atoms with Gasteiger partial charge >= 0.3 is 0 Å². The third kappa shape index (κ3) is 2.95. The number of benzene rings is 3. The molecule has 1 atom stereocenters. The lowest BCUT2D eigenvalue weighted by molar-refractivity contribution is -0.140. The molecule has 0 N–H and O–H groups in total. The second kappa shape index (κ2) is 7.38. The maximum Gasteiger partial charge on any atom is 0.271 e. The molecule has 1 spiro atoms. The van der Waals surface area contributed by atoms with Gasteiger partial charge in [-0.15, -0.1) is 0 Å². The van der Waals surface area contributed by atoms with Crippen molar-refractivity contribution in [3.63, 3.8) is 0 Å². The topological polar surface area (TPSA) is 46.6 Å². The van der Waals surface area contributed by atoms with Crippen LogP contribution in [0.3, 0.4) is 0 Å². The molecule has 1 unspecified atom stereocenters. The van der Waals surface area contributed by atoms with Crippen LogP contribution in [0.1, 0.15) is 24.8 Å². The summed E-state index contributed by atoms with van der Waals surface area (Å²) in [5.41, 5.74) is 0.574. The summed E-state index contributed by atoms with van der Waals surface area (Å²) >= 11 is 6.00. The van der Waals surface area contributed by atoms with Crippen LogP contribution in [0.25, 0.3) is 16.8 Å². The number of nitrogens with zero attached hydrogens (tertiary/aromatic N) is 1. The lowest BCUT2D eigenvalue weighted by Crippen LogP contribution is -2.45. The Morgan fingerprint density at radius 3 is 2.47 bits per heavy atom. The van der Waals surface area contributed by atoms with Gasteiger partial charge in [0.1, 0.15) is 0 Å². The van der Waals surface area contributed by atoms with Crippen molar-refractivity contribution >= 4 is 46.0 Å². The maximum absolute atomic E-state index is 13.5. The van der Waals surface area contributed by atoms with Gasteiger partial charge in [-0.05, 0) is 65.9 Å². The molecule has 0 radical (unpaired) electrons. The summed E-state index contributed by atoms with van der Waals surface area (Å²) in [7, 11) is 0. The summed E-state index contributed by atoms with van der Waals surface area (Å²) in [6.45, 7) is 0.459. The van der Waals surface area contributed by atoms with Gasteiger partial charge in [-0.25, -0.2) is 4.90 Å². The Labute approximate surface area is 179 Å². The molecule has 5 heteroatoms. The van der Waals surface area contributed by atoms with Crippen LogP contribution in [0, 0.1) is 0 Å². The smallest absolute Gasteiger partial charge is 0.271 e. The number of amides is 2. The lowest BCUT2D eigenvalue weighted by Gasteiger charge is -2.32. The van der Waals surface area contributed by atoms with Crippen molar-refractivity contribution in [2.75, 3.05) is 11.5 Å². The molecule has 2 aliphatic rings. The van der Waals surface area contributed by atoms with E-state index in [2.05, 4.69) is 0 Å². The van der Waals surface area contributed by atoms with Crippen LogP contribution in [0.5, 0.6) is 0 Å². The van der Waals surface area contributed by atoms with Crippen molar-refractivity contribution in [1.29, 1.82) is 0 Å². The molecule has 3 aromatic rings. The van der Waals surface area contributed by atoms with Gasteiger partial charge in [-0.1, -0.05) is 54.1 Å². The van der Waals surface area contributed by atoms with Gasteiger partial charge in [0.25, 0.3) is 11.8 Å². The van der Waals surface area contributed by atoms with E-state index in [1.165, 1.54) is 4.90 Å². The van der Waals surface area contributed by atoms with Crippen LogP contribution in [0.4, 0.5) is 5.69 Å². The summed E-state index contributed by atoms with van der Waals surface area (Å²) in [6, 6.07) is 20.7. The first kappa shape index (κ1) is 19.0. The third-order valence-electron chi connectivity index (χ3n) is 5.90. The number of anilines is 1. The summed E-state index contributed by atoms with van der Waals surface area (Å²) < 4.78 is 6.08. The van der Waals surface area contributed by atoms with Crippen molar-refractivity contribution < 1.29 is 14.3 Å². The molecule has 30 heavy (non-hydrogen) atoms. The molecular weight excluding hydrogens is 398 g/mol. The number of imide groups is 1. The zero-order valence-corrected chi connectivity index (χ0v) is 17.1. The minimum atomic E-state index is -1.23. The minimum Gasteiger partial charge on any atom is -0.360 e. The Morgan fingerprint density at radius 2 is 1.70 bits per heavy atom. The van der Waals surface area contributed by atoms with Crippen LogP contribution in [0.15, 0.2) is 72.3 Å². The number of halogens is 1. The van der Waals surface area contributed by atoms with Crippen LogP contribution < -0.4 is 4.90 Å². The minimum absolute atomic E-state index is 0.319. The monoisotopic (exact) mass is 417 g/mol. The van der Waals surface area contributed by atoms with Gasteiger partial charge in [0.2, 0.25) is 0 Å². The van der Waals surface area contributed by atoms with Crippen molar-refractivity contribution in [2.45, 2.75) is 24.9 Å². The molecule has 3 aromatic carbocycles. The molecule has 2 heterocycles. The molecule has 2 fully saturated rings. The fourth-order valence-corrected chi connectivity index (χ4v) is 4.52. The molecule has 0 aromatic heterocycles. The average molecular weight is 418 g/mol. The highest BCUT2D eigenvalue weighted by Crippen LogP contribution is 2.43. The summed E-state index contributed by atoms with van der Waals surface area (Å²) in [5.74, 6) is -0.654. The Balaban J connectivity index is 1.68. The molecule has 0 saturated carbocycles. The fraction of sp³-hybridized carbons (Fsp3) is 0.200. The number of ether oxygens (including phenoxy) is 1. The van der Waals surface area contributed by atoms with E-state index in [0.29, 0.717) is 29.3 Å². The number of carbonyl (C=O) groups excluding carboxylic acids is 2. The van der Waals surface area contributed by atoms with Crippen LogP contribution in [-0.2, 0) is 14.3 Å². The summed E-state index contributed by atoms with van der Waals surface area (Å²) in [4.78, 5) is 28.3. The van der Waals surface area contributed by atoms with E-state index in [1.807, 2.05) is 48.5 Å². The average Bonchev–Trinajstić information content (AvgIpc) is 2.96. The molecular formula is C25H20ClNO3. The zero-order chi connectivity index (χ0) is 20.7. The molecule has 0 bridgehead atoms. The normalized spacial score (nSPS) is 23.1. The SMILES string of the molecule is O=C1/C(=C/c2cccc3ccccc23)C2(CCCCO2)C(=O)N1c1ccc(Cl)cc1. The highest BCUT2D eigenvalue weighted by atomic mass is 35.5. The Bertz CT molecular complexity index is 1170. The standard InChI is InChI=1S/C25H20ClNO3/c26-19-10-12-20(13-11-19)27-23(28)22(25(24(27)29)14-3-4-15-30-25)16-18-8-5-7-17-6-1-2-9-21(17)18/h1-2,5-13,16H,3-4,14-15H2/b22-16-. The van der Waals surface area contributed by atoms with Gasteiger partial charge in [0, 0.05) is 11.6 Å². The van der Waals surface area contributed by atoms with Crippen molar-refractivity contribution in [1.82, 2.24) is 0 Å². The van der Waals surface area contributed by atoms with E-state index < -0.39 is 5.60 Å². The first-order valence-corrected chi connectivity index (χ1v) is 10.5. The van der Waals surface area contributed by atoms with E-state index in [4.69, 9.17) is 16.3 Å². The van der Waals surface area contributed by atoms with Gasteiger partial charge in [0.15, 0.2) is 5.60 Å². The number of carbonyl (C=O) groups is 2. The second-order valence-electron chi connectivity index (χ2n) is 7.68. The summed E-state index contributed by atoms with van der Waals surface area (Å²) in [6.07, 6.45) is 4.05. The van der Waals surface area contributed by atoms with E-state index in [1.54, 1.807) is 24.3 Å². The van der Waals surface area contributed by atoms with Crippen molar-refractivity contribution in [3.8, 4) is 0 Å². The third-order valence-corrected chi connectivity index (χ3v) is 6.15. The van der Waals surface area contributed by atoms with Crippen molar-refractivity contribution in [3.05, 3.63) is 82.9 Å². The Hall–Kier alpha value is -2.95. The fourth-order valence-electron chi connectivity index (χ4n) is 4.39. The molecule has 2 saturated heterocycles. The number of fused-ring (bicyclic) bond motifs is 1. The first-order chi connectivity index (χ1) is 14.6. The molecule has 2 aliphatic heterocycles. The van der Waals surface area contributed by atoms with Gasteiger partial charge in [-0.3, -0.25) is 9.59 Å². The number of rotatable bonds is 2. The van der Waals surface area contributed by atoms with E-state index in [0.717, 1.165) is 29.2 Å². The summed E-state index contributed by atoms with van der Waals surface area (Å²) in [5, 5.41) is 2.66. The largest absolute Gasteiger partial charge is 0.360 e. The quantitative estimate of drug-likeness (QED) is 0.415. The van der Waals surface area contributed by atoms with Crippen LogP contribution in [-0.4, -0.2) is 24.0 Å². The predicted octanol–water partition coefficient (Wildman–Crippen LogP) is 5.39. The van der Waals surface area contributed by atoms with Crippen LogP contribution >= 0.6 is 11.6 Å². The molecule has 4 nitrogen and oxygen atoms in total. The Kier molecular flexibility index (Phi) is 4.69. The lowest BCUT2D eigenvalue weighted by atomic mass is 9.86.